The molecule has 0 amide bonds. The van der Waals surface area contributed by atoms with Gasteiger partial charge in [-0.05, 0) is 12.3 Å². The van der Waals surface area contributed by atoms with Gasteiger partial charge < -0.3 is 20.4 Å². The summed E-state index contributed by atoms with van der Waals surface area (Å²) in [4.78, 5) is 8.25. The summed E-state index contributed by atoms with van der Waals surface area (Å²) in [6, 6.07) is 0. The molecule has 0 bridgehead atoms. The van der Waals surface area contributed by atoms with Crippen LogP contribution in [0.2, 0.25) is 0 Å². The van der Waals surface area contributed by atoms with Crippen LogP contribution in [0.3, 0.4) is 0 Å². The van der Waals surface area contributed by atoms with Gasteiger partial charge in [-0.2, -0.15) is 0 Å². The number of carboxylic acid groups (broad SMARTS) is 1. The zero-order valence-corrected chi connectivity index (χ0v) is 10.9. The van der Waals surface area contributed by atoms with Crippen LogP contribution in [0.4, 0.5) is 0 Å². The quantitative estimate of drug-likeness (QED) is 0.491. The topological polar surface area (TPSA) is 77.0 Å². The number of hydrogen-bond donors (Lipinski definition) is 1. The Bertz CT molecular complexity index is 142. The molecule has 0 aliphatic rings. The molecule has 0 saturated carbocycles. The van der Waals surface area contributed by atoms with Crippen molar-refractivity contribution in [3.63, 3.8) is 0 Å². The first-order valence-corrected chi connectivity index (χ1v) is 6.16. The number of carbonyl (C=O) groups excluding carboxylic acids is 1. The highest BCUT2D eigenvalue weighted by atomic mass is 16.5. The third kappa shape index (κ3) is 13.4. The summed E-state index contributed by atoms with van der Waals surface area (Å²) in [6.07, 6.45) is 6.37. The van der Waals surface area contributed by atoms with Crippen LogP contribution >= 0.6 is 0 Å². The normalized spacial score (nSPS) is 13.5. The van der Waals surface area contributed by atoms with Gasteiger partial charge in [-0.1, -0.05) is 40.0 Å². The Balaban J connectivity index is 0. The summed E-state index contributed by atoms with van der Waals surface area (Å²) in [5, 5.41) is 8.25. The summed E-state index contributed by atoms with van der Waals surface area (Å²) in [7, 11) is 0. The van der Waals surface area contributed by atoms with Gasteiger partial charge in [0.2, 0.25) is 0 Å². The Morgan fingerprint density at radius 2 is 1.88 bits per heavy atom. The summed E-state index contributed by atoms with van der Waals surface area (Å²) in [6.45, 7) is 7.00. The molecule has 0 radical (unpaired) electrons. The van der Waals surface area contributed by atoms with Crippen molar-refractivity contribution in [2.75, 3.05) is 6.61 Å². The van der Waals surface area contributed by atoms with E-state index in [1.54, 1.807) is 0 Å². The van der Waals surface area contributed by atoms with Crippen LogP contribution in [0.5, 0.6) is 0 Å². The Labute approximate surface area is 99.2 Å². The molecule has 0 aliphatic carbocycles. The lowest BCUT2D eigenvalue weighted by Crippen LogP contribution is -2.62. The number of carbonyl (C=O) groups is 1. The Morgan fingerprint density at radius 1 is 1.31 bits per heavy atom. The molecule has 0 aromatic carbocycles. The first kappa shape index (κ1) is 17.8. The van der Waals surface area contributed by atoms with Crippen molar-refractivity contribution in [3.05, 3.63) is 0 Å². The van der Waals surface area contributed by atoms with E-state index in [1.807, 2.05) is 0 Å². The zero-order valence-electron chi connectivity index (χ0n) is 10.9. The molecule has 16 heavy (non-hydrogen) atoms. The van der Waals surface area contributed by atoms with Crippen LogP contribution in [-0.2, 0) is 9.53 Å². The maximum Gasteiger partial charge on any atom is 0.188 e. The average molecular weight is 233 g/mol. The van der Waals surface area contributed by atoms with Crippen molar-refractivity contribution < 1.29 is 20.4 Å². The van der Waals surface area contributed by atoms with Crippen molar-refractivity contribution >= 4 is 6.47 Å². The minimum Gasteiger partial charge on any atom is -0.554 e. The fourth-order valence-corrected chi connectivity index (χ4v) is 1.29. The fourth-order valence-electron chi connectivity index (χ4n) is 1.29. The van der Waals surface area contributed by atoms with Crippen LogP contribution in [0.15, 0.2) is 0 Å². The summed E-state index contributed by atoms with van der Waals surface area (Å²) < 4.78 is 5.63. The van der Waals surface area contributed by atoms with E-state index in [2.05, 4.69) is 26.5 Å². The van der Waals surface area contributed by atoms with E-state index < -0.39 is 6.47 Å². The average Bonchev–Trinajstić information content (AvgIpc) is 2.30. The summed E-state index contributed by atoms with van der Waals surface area (Å²) >= 11 is 0. The predicted molar refractivity (Wildman–Crippen MR) is 62.3 cm³/mol. The van der Waals surface area contributed by atoms with Gasteiger partial charge in [0, 0.05) is 12.9 Å². The standard InChI is InChI=1S/C11H25NO.CH2O2/c1-4-7-8-10(5-2)9-13-11(12)6-3;2-1-3/h10-11H,4-9,12H2,1-3H3;1H,(H,2,3). The molecule has 98 valence electrons. The lowest BCUT2D eigenvalue weighted by Gasteiger charge is -2.15. The van der Waals surface area contributed by atoms with E-state index in [9.17, 15) is 0 Å². The minimum absolute atomic E-state index is 0.190. The molecule has 0 aromatic rings. The van der Waals surface area contributed by atoms with Crippen LogP contribution in [0.25, 0.3) is 0 Å². The monoisotopic (exact) mass is 233 g/mol. The Hall–Kier alpha value is -0.610. The molecule has 2 unspecified atom stereocenters. The summed E-state index contributed by atoms with van der Waals surface area (Å²) in [5.41, 5.74) is 3.92. The van der Waals surface area contributed by atoms with Crippen molar-refractivity contribution in [1.29, 1.82) is 0 Å². The smallest absolute Gasteiger partial charge is 0.188 e. The molecular formula is C12H27NO3. The molecule has 0 saturated heterocycles. The zero-order chi connectivity index (χ0) is 12.8. The second kappa shape index (κ2) is 14.4. The third-order valence-electron chi connectivity index (χ3n) is 2.57. The highest BCUT2D eigenvalue weighted by molar-refractivity contribution is 5.29. The molecule has 0 rings (SSSR count). The third-order valence-corrected chi connectivity index (χ3v) is 2.57. The SMILES string of the molecule is CCCCC(CC)COC([NH3+])CC.O=C[O-]. The first-order valence-electron chi connectivity index (χ1n) is 6.16. The molecule has 0 aromatic heterocycles. The Morgan fingerprint density at radius 3 is 2.25 bits per heavy atom. The lowest BCUT2D eigenvalue weighted by molar-refractivity contribution is -0.492. The van der Waals surface area contributed by atoms with E-state index in [0.717, 1.165) is 18.9 Å². The van der Waals surface area contributed by atoms with Gasteiger partial charge in [0.05, 0.1) is 6.61 Å². The highest BCUT2D eigenvalue weighted by Crippen LogP contribution is 2.13. The van der Waals surface area contributed by atoms with Gasteiger partial charge in [-0.15, -0.1) is 0 Å². The second-order valence-corrected chi connectivity index (χ2v) is 3.88. The summed E-state index contributed by atoms with van der Waals surface area (Å²) in [5.74, 6) is 0.746. The largest absolute Gasteiger partial charge is 0.554 e. The molecule has 4 nitrogen and oxygen atoms in total. The van der Waals surface area contributed by atoms with E-state index >= 15 is 0 Å². The fraction of sp³-hybridized carbons (Fsp3) is 0.917. The van der Waals surface area contributed by atoms with Crippen molar-refractivity contribution in [2.45, 2.75) is 59.1 Å². The maximum absolute atomic E-state index is 8.25. The Kier molecular flexibility index (Phi) is 16.0. The van der Waals surface area contributed by atoms with Gasteiger partial charge in [-0.3, -0.25) is 0 Å². The van der Waals surface area contributed by atoms with Gasteiger partial charge in [0.15, 0.2) is 6.23 Å². The predicted octanol–water partition coefficient (Wildman–Crippen LogP) is 0.564. The van der Waals surface area contributed by atoms with Gasteiger partial charge in [0.1, 0.15) is 0 Å². The van der Waals surface area contributed by atoms with Crippen molar-refractivity contribution in [3.8, 4) is 0 Å². The number of hydrogen-bond acceptors (Lipinski definition) is 3. The van der Waals surface area contributed by atoms with Gasteiger partial charge in [0.25, 0.3) is 0 Å². The van der Waals surface area contributed by atoms with Crippen LogP contribution < -0.4 is 10.8 Å². The number of rotatable bonds is 8. The highest BCUT2D eigenvalue weighted by Gasteiger charge is 2.09. The number of unbranched alkanes of at least 4 members (excludes halogenated alkanes) is 1. The van der Waals surface area contributed by atoms with E-state index in [1.165, 1.54) is 25.7 Å². The van der Waals surface area contributed by atoms with Gasteiger partial charge >= 0.3 is 0 Å². The molecule has 2 atom stereocenters. The van der Waals surface area contributed by atoms with Crippen LogP contribution in [-0.4, -0.2) is 19.3 Å². The van der Waals surface area contributed by atoms with E-state index in [4.69, 9.17) is 14.6 Å². The van der Waals surface area contributed by atoms with Crippen molar-refractivity contribution in [2.24, 2.45) is 5.92 Å². The molecule has 3 N–H and O–H groups in total. The maximum atomic E-state index is 8.25. The molecule has 4 heteroatoms. The molecular weight excluding hydrogens is 206 g/mol. The van der Waals surface area contributed by atoms with E-state index in [0.29, 0.717) is 0 Å². The van der Waals surface area contributed by atoms with Crippen LogP contribution in [0, 0.1) is 5.92 Å². The lowest BCUT2D eigenvalue weighted by atomic mass is 10.0. The van der Waals surface area contributed by atoms with Crippen molar-refractivity contribution in [1.82, 2.24) is 0 Å². The number of quaternary nitrogens is 1. The second-order valence-electron chi connectivity index (χ2n) is 3.88. The molecule has 0 heterocycles. The molecule has 0 fully saturated rings. The van der Waals surface area contributed by atoms with Gasteiger partial charge in [-0.25, -0.2) is 0 Å². The minimum atomic E-state index is -0.500. The molecule has 0 spiro atoms. The van der Waals surface area contributed by atoms with E-state index in [-0.39, 0.29) is 6.23 Å². The van der Waals surface area contributed by atoms with Crippen LogP contribution in [0.1, 0.15) is 52.9 Å². The molecule has 0 aliphatic heterocycles. The first-order chi connectivity index (χ1) is 7.65. The number of ether oxygens (including phenoxy) is 1.